The van der Waals surface area contributed by atoms with Crippen LogP contribution in [0, 0.1) is 0 Å². The molecule has 0 saturated heterocycles. The smallest absolute Gasteiger partial charge is 0.424 e. The number of hydrogen-bond donors (Lipinski definition) is 1. The van der Waals surface area contributed by atoms with E-state index in [1.807, 2.05) is 24.3 Å². The quantitative estimate of drug-likeness (QED) is 0.529. The monoisotopic (exact) mass is 496 g/mol. The van der Waals surface area contributed by atoms with E-state index < -0.39 is 17.5 Å². The lowest BCUT2D eigenvalue weighted by atomic mass is 10.2. The Morgan fingerprint density at radius 1 is 1.14 bits per heavy atom. The standard InChI is InChI=1S/C25H28N4O7/c1-25(2,3)36-23(31)26-12-11-18-14-28(24(32)35-18)20-10-9-19-22(27-20)29(21(30)15-34-19)13-16-5-7-17(33-4)8-6-16/h5-10,14H,11-13,15H2,1-4H3,(H,26,31). The summed E-state index contributed by atoms with van der Waals surface area (Å²) in [7, 11) is 1.59. The average Bonchev–Trinajstić information content (AvgIpc) is 3.20. The maximum atomic E-state index is 12.7. The van der Waals surface area contributed by atoms with E-state index in [9.17, 15) is 14.4 Å². The predicted octanol–water partition coefficient (Wildman–Crippen LogP) is 2.83. The largest absolute Gasteiger partial charge is 0.497 e. The van der Waals surface area contributed by atoms with Crippen LogP contribution in [0.15, 0.2) is 51.8 Å². The van der Waals surface area contributed by atoms with Crippen molar-refractivity contribution in [1.82, 2.24) is 14.9 Å². The van der Waals surface area contributed by atoms with E-state index in [4.69, 9.17) is 18.6 Å². The van der Waals surface area contributed by atoms with Gasteiger partial charge in [0.25, 0.3) is 5.91 Å². The number of anilines is 1. The average molecular weight is 497 g/mol. The molecule has 11 nitrogen and oxygen atoms in total. The Balaban J connectivity index is 1.51. The molecule has 36 heavy (non-hydrogen) atoms. The molecule has 2 aromatic heterocycles. The lowest BCUT2D eigenvalue weighted by Crippen LogP contribution is -2.39. The normalized spacial score (nSPS) is 13.1. The minimum absolute atomic E-state index is 0.107. The van der Waals surface area contributed by atoms with Crippen LogP contribution in [0.4, 0.5) is 10.6 Å². The number of rotatable bonds is 7. The van der Waals surface area contributed by atoms with Crippen LogP contribution < -0.4 is 25.4 Å². The first-order valence-electron chi connectivity index (χ1n) is 11.4. The zero-order valence-corrected chi connectivity index (χ0v) is 20.6. The van der Waals surface area contributed by atoms with Crippen LogP contribution >= 0.6 is 0 Å². The number of oxazole rings is 1. The van der Waals surface area contributed by atoms with Crippen LogP contribution in [-0.2, 0) is 22.5 Å². The second-order valence-electron chi connectivity index (χ2n) is 9.12. The van der Waals surface area contributed by atoms with Crippen molar-refractivity contribution in [2.24, 2.45) is 0 Å². The van der Waals surface area contributed by atoms with E-state index in [2.05, 4.69) is 10.3 Å². The third-order valence-corrected chi connectivity index (χ3v) is 5.21. The molecule has 0 radical (unpaired) electrons. The van der Waals surface area contributed by atoms with Crippen LogP contribution in [0.2, 0.25) is 0 Å². The Hall–Kier alpha value is -4.28. The first-order chi connectivity index (χ1) is 17.1. The molecule has 0 aliphatic carbocycles. The molecule has 1 N–H and O–H groups in total. The van der Waals surface area contributed by atoms with Gasteiger partial charge in [-0.25, -0.2) is 19.1 Å². The Morgan fingerprint density at radius 2 is 1.89 bits per heavy atom. The number of carbonyl (C=O) groups is 2. The number of pyridine rings is 1. The highest BCUT2D eigenvalue weighted by molar-refractivity contribution is 5.96. The molecule has 4 rings (SSSR count). The number of carbonyl (C=O) groups excluding carboxylic acids is 2. The number of alkyl carbamates (subject to hydrolysis) is 1. The summed E-state index contributed by atoms with van der Waals surface area (Å²) in [6.07, 6.45) is 1.23. The van der Waals surface area contributed by atoms with Gasteiger partial charge in [-0.1, -0.05) is 12.1 Å². The number of nitrogens with zero attached hydrogens (tertiary/aromatic N) is 3. The zero-order valence-electron chi connectivity index (χ0n) is 20.6. The number of hydrogen-bond acceptors (Lipinski definition) is 8. The molecule has 1 aliphatic rings. The second-order valence-corrected chi connectivity index (χ2v) is 9.12. The molecule has 0 fully saturated rings. The van der Waals surface area contributed by atoms with E-state index in [0.29, 0.717) is 23.1 Å². The number of fused-ring (bicyclic) bond motifs is 1. The Morgan fingerprint density at radius 3 is 2.58 bits per heavy atom. The predicted molar refractivity (Wildman–Crippen MR) is 130 cm³/mol. The molecule has 0 bridgehead atoms. The molecule has 0 unspecified atom stereocenters. The van der Waals surface area contributed by atoms with E-state index >= 15 is 0 Å². The summed E-state index contributed by atoms with van der Waals surface area (Å²) in [5.74, 6) is 1.19. The highest BCUT2D eigenvalue weighted by atomic mass is 16.6. The number of aromatic nitrogens is 2. The first-order valence-corrected chi connectivity index (χ1v) is 11.4. The molecule has 11 heteroatoms. The van der Waals surface area contributed by atoms with Gasteiger partial charge in [0.15, 0.2) is 18.2 Å². The fraction of sp³-hybridized carbons (Fsp3) is 0.360. The van der Waals surface area contributed by atoms with Crippen molar-refractivity contribution in [2.75, 3.05) is 25.2 Å². The third-order valence-electron chi connectivity index (χ3n) is 5.21. The van der Waals surface area contributed by atoms with Crippen molar-refractivity contribution in [1.29, 1.82) is 0 Å². The fourth-order valence-electron chi connectivity index (χ4n) is 3.54. The molecular weight excluding hydrogens is 468 g/mol. The topological polar surface area (TPSA) is 125 Å². The van der Waals surface area contributed by atoms with Crippen LogP contribution in [-0.4, -0.2) is 47.4 Å². The Bertz CT molecular complexity index is 1310. The van der Waals surface area contributed by atoms with Gasteiger partial charge < -0.3 is 23.9 Å². The van der Waals surface area contributed by atoms with Gasteiger partial charge in [-0.3, -0.25) is 9.69 Å². The Labute approximate surface area is 207 Å². The lowest BCUT2D eigenvalue weighted by Gasteiger charge is -2.28. The van der Waals surface area contributed by atoms with Crippen LogP contribution in [0.3, 0.4) is 0 Å². The summed E-state index contributed by atoms with van der Waals surface area (Å²) >= 11 is 0. The van der Waals surface area contributed by atoms with Crippen LogP contribution in [0.1, 0.15) is 32.1 Å². The van der Waals surface area contributed by atoms with E-state index in [0.717, 1.165) is 5.56 Å². The number of ether oxygens (including phenoxy) is 3. The molecule has 0 spiro atoms. The third kappa shape index (κ3) is 5.85. The summed E-state index contributed by atoms with van der Waals surface area (Å²) < 4.78 is 22.5. The van der Waals surface area contributed by atoms with Gasteiger partial charge in [0.1, 0.15) is 22.9 Å². The number of benzene rings is 1. The van der Waals surface area contributed by atoms with Crippen molar-refractivity contribution in [3.05, 3.63) is 64.5 Å². The van der Waals surface area contributed by atoms with Gasteiger partial charge in [-0.15, -0.1) is 0 Å². The second kappa shape index (κ2) is 10.1. The van der Waals surface area contributed by atoms with Gasteiger partial charge in [-0.2, -0.15) is 0 Å². The molecule has 3 aromatic rings. The van der Waals surface area contributed by atoms with Crippen molar-refractivity contribution < 1.29 is 28.2 Å². The number of amides is 2. The minimum atomic E-state index is -0.639. The lowest BCUT2D eigenvalue weighted by molar-refractivity contribution is -0.121. The highest BCUT2D eigenvalue weighted by Crippen LogP contribution is 2.32. The molecule has 1 aliphatic heterocycles. The summed E-state index contributed by atoms with van der Waals surface area (Å²) in [6.45, 7) is 5.70. The Kier molecular flexibility index (Phi) is 7.00. The van der Waals surface area contributed by atoms with Gasteiger partial charge in [0.2, 0.25) is 0 Å². The fourth-order valence-corrected chi connectivity index (χ4v) is 3.54. The van der Waals surface area contributed by atoms with Crippen molar-refractivity contribution in [3.63, 3.8) is 0 Å². The molecular formula is C25H28N4O7. The van der Waals surface area contributed by atoms with Gasteiger partial charge >= 0.3 is 11.8 Å². The van der Waals surface area contributed by atoms with Crippen molar-refractivity contribution >= 4 is 17.8 Å². The SMILES string of the molecule is COc1ccc(CN2C(=O)COc3ccc(-n4cc(CCNC(=O)OC(C)(C)C)oc4=O)nc32)cc1. The molecule has 3 heterocycles. The zero-order chi connectivity index (χ0) is 25.9. The molecule has 1 aromatic carbocycles. The summed E-state index contributed by atoms with van der Waals surface area (Å²) in [6, 6.07) is 10.6. The number of methoxy groups -OCH3 is 1. The highest BCUT2D eigenvalue weighted by Gasteiger charge is 2.28. The molecule has 190 valence electrons. The molecule has 0 atom stereocenters. The van der Waals surface area contributed by atoms with E-state index in [1.54, 1.807) is 40.0 Å². The van der Waals surface area contributed by atoms with E-state index in [-0.39, 0.29) is 37.8 Å². The van der Waals surface area contributed by atoms with Gasteiger partial charge in [-0.05, 0) is 50.6 Å². The molecule has 0 saturated carbocycles. The van der Waals surface area contributed by atoms with Crippen LogP contribution in [0.5, 0.6) is 11.5 Å². The first kappa shape index (κ1) is 24.8. The van der Waals surface area contributed by atoms with Crippen LogP contribution in [0.25, 0.3) is 5.82 Å². The summed E-state index contributed by atoms with van der Waals surface area (Å²) in [4.78, 5) is 43.0. The maximum absolute atomic E-state index is 12.7. The summed E-state index contributed by atoms with van der Waals surface area (Å²) in [5, 5.41) is 2.62. The minimum Gasteiger partial charge on any atom is -0.497 e. The summed E-state index contributed by atoms with van der Waals surface area (Å²) in [5.41, 5.74) is 0.272. The van der Waals surface area contributed by atoms with Gasteiger partial charge in [0, 0.05) is 13.0 Å². The van der Waals surface area contributed by atoms with Gasteiger partial charge in [0.05, 0.1) is 19.9 Å². The van der Waals surface area contributed by atoms with E-state index in [1.165, 1.54) is 15.7 Å². The van der Waals surface area contributed by atoms with Crippen molar-refractivity contribution in [3.8, 4) is 17.3 Å². The van der Waals surface area contributed by atoms with Crippen molar-refractivity contribution in [2.45, 2.75) is 39.3 Å². The number of nitrogens with one attached hydrogen (secondary N) is 1. The maximum Gasteiger partial charge on any atom is 0.424 e. The molecule has 2 amide bonds.